The highest BCUT2D eigenvalue weighted by atomic mass is 14.1. The highest BCUT2D eigenvalue weighted by Gasteiger charge is 2.10. The Bertz CT molecular complexity index is 937. The molecule has 0 radical (unpaired) electrons. The van der Waals surface area contributed by atoms with E-state index >= 15 is 0 Å². The van der Waals surface area contributed by atoms with E-state index in [1.807, 2.05) is 0 Å². The van der Waals surface area contributed by atoms with Crippen LogP contribution in [0.15, 0.2) is 103 Å². The lowest BCUT2D eigenvalue weighted by atomic mass is 9.89. The Kier molecular flexibility index (Phi) is 5.16. The first kappa shape index (κ1) is 17.3. The molecule has 4 aromatic rings. The molecular weight excluding hydrogens is 324 g/mol. The van der Waals surface area contributed by atoms with Crippen molar-refractivity contribution in [2.75, 3.05) is 0 Å². The molecule has 0 N–H and O–H groups in total. The first-order valence-electron chi connectivity index (χ1n) is 9.55. The molecule has 132 valence electrons. The summed E-state index contributed by atoms with van der Waals surface area (Å²) >= 11 is 0. The van der Waals surface area contributed by atoms with E-state index in [4.69, 9.17) is 0 Å². The molecule has 0 fully saturated rings. The van der Waals surface area contributed by atoms with Crippen molar-refractivity contribution in [2.24, 2.45) is 0 Å². The maximum absolute atomic E-state index is 2.37. The molecular formula is C27H24. The van der Waals surface area contributed by atoms with Crippen LogP contribution in [0, 0.1) is 6.92 Å². The summed E-state index contributed by atoms with van der Waals surface area (Å²) in [5, 5.41) is 0. The molecule has 0 aromatic heterocycles. The van der Waals surface area contributed by atoms with E-state index in [2.05, 4.69) is 110 Å². The fraction of sp³-hybridized carbons (Fsp3) is 0.111. The average molecular weight is 348 g/mol. The standard InChI is InChI=1S/C27H24/c1-21-25(17-22-11-5-2-6-12-22)19-27(24-15-9-4-10-16-24)20-26(21)18-23-13-7-3-8-14-23/h2-16,19-20H,17-18H2,1H3. The largest absolute Gasteiger partial charge is 0.0622 e. The second-order valence-corrected chi connectivity index (χ2v) is 7.11. The summed E-state index contributed by atoms with van der Waals surface area (Å²) in [7, 11) is 0. The van der Waals surface area contributed by atoms with Crippen LogP contribution in [0.2, 0.25) is 0 Å². The summed E-state index contributed by atoms with van der Waals surface area (Å²) in [5.74, 6) is 0. The van der Waals surface area contributed by atoms with Crippen LogP contribution >= 0.6 is 0 Å². The summed E-state index contributed by atoms with van der Waals surface area (Å²) in [5.41, 5.74) is 9.52. The maximum atomic E-state index is 2.37. The van der Waals surface area contributed by atoms with Gasteiger partial charge in [0.15, 0.2) is 0 Å². The molecule has 0 aliphatic heterocycles. The van der Waals surface area contributed by atoms with E-state index in [0.29, 0.717) is 0 Å². The maximum Gasteiger partial charge on any atom is -0.00228 e. The number of hydrogen-bond donors (Lipinski definition) is 0. The minimum absolute atomic E-state index is 0.967. The molecule has 0 saturated carbocycles. The van der Waals surface area contributed by atoms with Crippen LogP contribution in [0.3, 0.4) is 0 Å². The fourth-order valence-electron chi connectivity index (χ4n) is 3.64. The van der Waals surface area contributed by atoms with Gasteiger partial charge in [-0.25, -0.2) is 0 Å². The van der Waals surface area contributed by atoms with E-state index in [-0.39, 0.29) is 0 Å². The van der Waals surface area contributed by atoms with E-state index in [1.165, 1.54) is 38.9 Å². The number of rotatable bonds is 5. The lowest BCUT2D eigenvalue weighted by molar-refractivity contribution is 1.09. The fourth-order valence-corrected chi connectivity index (χ4v) is 3.64. The van der Waals surface area contributed by atoms with Gasteiger partial charge in [0.2, 0.25) is 0 Å². The van der Waals surface area contributed by atoms with Crippen LogP contribution in [0.1, 0.15) is 27.8 Å². The molecule has 4 rings (SSSR count). The summed E-state index contributed by atoms with van der Waals surface area (Å²) in [4.78, 5) is 0. The lowest BCUT2D eigenvalue weighted by Gasteiger charge is -2.16. The van der Waals surface area contributed by atoms with E-state index in [9.17, 15) is 0 Å². The molecule has 0 atom stereocenters. The molecule has 0 spiro atoms. The van der Waals surface area contributed by atoms with Crippen LogP contribution in [0.5, 0.6) is 0 Å². The first-order chi connectivity index (χ1) is 13.3. The molecule has 4 aromatic carbocycles. The van der Waals surface area contributed by atoms with Crippen molar-refractivity contribution in [3.05, 3.63) is 131 Å². The van der Waals surface area contributed by atoms with Gasteiger partial charge in [0, 0.05) is 0 Å². The van der Waals surface area contributed by atoms with Gasteiger partial charge in [-0.05, 0) is 58.7 Å². The normalized spacial score (nSPS) is 10.7. The molecule has 0 heteroatoms. The molecule has 0 bridgehead atoms. The van der Waals surface area contributed by atoms with Crippen molar-refractivity contribution in [3.8, 4) is 11.1 Å². The lowest BCUT2D eigenvalue weighted by Crippen LogP contribution is -2.00. The van der Waals surface area contributed by atoms with Crippen LogP contribution in [0.4, 0.5) is 0 Å². The summed E-state index contributed by atoms with van der Waals surface area (Å²) in [6.45, 7) is 2.27. The van der Waals surface area contributed by atoms with E-state index in [1.54, 1.807) is 0 Å². The van der Waals surface area contributed by atoms with E-state index < -0.39 is 0 Å². The van der Waals surface area contributed by atoms with Gasteiger partial charge >= 0.3 is 0 Å². The highest BCUT2D eigenvalue weighted by molar-refractivity contribution is 5.67. The van der Waals surface area contributed by atoms with Gasteiger partial charge in [0.25, 0.3) is 0 Å². The minimum Gasteiger partial charge on any atom is -0.0622 e. The van der Waals surface area contributed by atoms with Gasteiger partial charge in [-0.2, -0.15) is 0 Å². The summed E-state index contributed by atoms with van der Waals surface area (Å²) < 4.78 is 0. The van der Waals surface area contributed by atoms with Gasteiger partial charge in [0.1, 0.15) is 0 Å². The Morgan fingerprint density at radius 3 is 1.33 bits per heavy atom. The summed E-state index contributed by atoms with van der Waals surface area (Å²) in [6, 6.07) is 36.9. The Labute approximate surface area is 162 Å². The molecule has 0 heterocycles. The quantitative estimate of drug-likeness (QED) is 0.370. The Morgan fingerprint density at radius 2 is 0.889 bits per heavy atom. The summed E-state index contributed by atoms with van der Waals surface area (Å²) in [6.07, 6.45) is 1.93. The average Bonchev–Trinajstić information content (AvgIpc) is 2.73. The van der Waals surface area contributed by atoms with Crippen LogP contribution < -0.4 is 0 Å². The second-order valence-electron chi connectivity index (χ2n) is 7.11. The predicted molar refractivity (Wildman–Crippen MR) is 115 cm³/mol. The zero-order valence-corrected chi connectivity index (χ0v) is 15.7. The van der Waals surface area contributed by atoms with Crippen molar-refractivity contribution in [1.82, 2.24) is 0 Å². The Balaban J connectivity index is 1.78. The van der Waals surface area contributed by atoms with Crippen molar-refractivity contribution >= 4 is 0 Å². The number of hydrogen-bond acceptors (Lipinski definition) is 0. The van der Waals surface area contributed by atoms with Crippen molar-refractivity contribution in [2.45, 2.75) is 19.8 Å². The minimum atomic E-state index is 0.967. The SMILES string of the molecule is Cc1c(Cc2ccccc2)cc(-c2ccccc2)cc1Cc1ccccc1. The smallest absolute Gasteiger partial charge is 0.00228 e. The molecule has 0 nitrogen and oxygen atoms in total. The van der Waals surface area contributed by atoms with Crippen LogP contribution in [0.25, 0.3) is 11.1 Å². The zero-order valence-electron chi connectivity index (χ0n) is 15.7. The molecule has 0 aliphatic carbocycles. The van der Waals surface area contributed by atoms with Gasteiger partial charge < -0.3 is 0 Å². The molecule has 0 aliphatic rings. The monoisotopic (exact) mass is 348 g/mol. The Hall–Kier alpha value is -3.12. The zero-order chi connectivity index (χ0) is 18.5. The third-order valence-electron chi connectivity index (χ3n) is 5.20. The van der Waals surface area contributed by atoms with Gasteiger partial charge in [-0.1, -0.05) is 103 Å². The van der Waals surface area contributed by atoms with E-state index in [0.717, 1.165) is 12.8 Å². The van der Waals surface area contributed by atoms with Crippen molar-refractivity contribution < 1.29 is 0 Å². The molecule has 0 unspecified atom stereocenters. The first-order valence-corrected chi connectivity index (χ1v) is 9.55. The van der Waals surface area contributed by atoms with Gasteiger partial charge in [-0.3, -0.25) is 0 Å². The van der Waals surface area contributed by atoms with Crippen LogP contribution in [-0.2, 0) is 12.8 Å². The van der Waals surface area contributed by atoms with Crippen molar-refractivity contribution in [3.63, 3.8) is 0 Å². The van der Waals surface area contributed by atoms with Crippen molar-refractivity contribution in [1.29, 1.82) is 0 Å². The van der Waals surface area contributed by atoms with Gasteiger partial charge in [-0.15, -0.1) is 0 Å². The Morgan fingerprint density at radius 1 is 0.481 bits per heavy atom. The molecule has 27 heavy (non-hydrogen) atoms. The third-order valence-corrected chi connectivity index (χ3v) is 5.20. The second kappa shape index (κ2) is 8.05. The predicted octanol–water partition coefficient (Wildman–Crippen LogP) is 6.84. The third kappa shape index (κ3) is 4.17. The van der Waals surface area contributed by atoms with Crippen LogP contribution in [-0.4, -0.2) is 0 Å². The number of benzene rings is 4. The highest BCUT2D eigenvalue weighted by Crippen LogP contribution is 2.28. The van der Waals surface area contributed by atoms with Gasteiger partial charge in [0.05, 0.1) is 0 Å². The molecule has 0 saturated heterocycles. The topological polar surface area (TPSA) is 0 Å². The molecule has 0 amide bonds.